The van der Waals surface area contributed by atoms with Crippen LogP contribution in [0.4, 0.5) is 5.00 Å². The molecule has 0 radical (unpaired) electrons. The zero-order valence-electron chi connectivity index (χ0n) is 13.2. The predicted molar refractivity (Wildman–Crippen MR) is 86.5 cm³/mol. The monoisotopic (exact) mass is 336 g/mol. The van der Waals surface area contributed by atoms with Crippen LogP contribution >= 0.6 is 11.3 Å². The first kappa shape index (κ1) is 16.0. The second-order valence-electron chi connectivity index (χ2n) is 6.39. The van der Waals surface area contributed by atoms with Gasteiger partial charge in [0.1, 0.15) is 9.88 Å². The molecule has 2 aliphatic rings. The minimum atomic E-state index is -0.655. The highest BCUT2D eigenvalue weighted by atomic mass is 32.1. The number of anilines is 1. The summed E-state index contributed by atoms with van der Waals surface area (Å²) < 4.78 is 4.72. The largest absolute Gasteiger partial charge is 0.465 e. The van der Waals surface area contributed by atoms with E-state index in [0.717, 1.165) is 30.6 Å². The highest BCUT2D eigenvalue weighted by Gasteiger charge is 2.43. The summed E-state index contributed by atoms with van der Waals surface area (Å²) in [6.45, 7) is 1.63. The van der Waals surface area contributed by atoms with E-state index in [2.05, 4.69) is 5.32 Å². The molecule has 124 valence electrons. The Morgan fingerprint density at radius 2 is 2.00 bits per heavy atom. The topological polar surface area (TPSA) is 98.5 Å². The van der Waals surface area contributed by atoms with Crippen LogP contribution in [0.5, 0.6) is 0 Å². The summed E-state index contributed by atoms with van der Waals surface area (Å²) in [6, 6.07) is 0. The number of fused-ring (bicyclic) bond motifs is 2. The highest BCUT2D eigenvalue weighted by Crippen LogP contribution is 2.48. The molecule has 1 aromatic rings. The number of hydrogen-bond acceptors (Lipinski definition) is 5. The number of ether oxygens (including phenoxy) is 1. The maximum atomic E-state index is 12.6. The molecule has 0 aromatic carbocycles. The number of amides is 2. The Balaban J connectivity index is 1.85. The van der Waals surface area contributed by atoms with Crippen LogP contribution in [-0.2, 0) is 9.53 Å². The second kappa shape index (κ2) is 5.96. The Labute approximate surface area is 138 Å². The van der Waals surface area contributed by atoms with E-state index in [0.29, 0.717) is 27.3 Å². The Bertz CT molecular complexity index is 682. The van der Waals surface area contributed by atoms with Crippen LogP contribution in [0.2, 0.25) is 0 Å². The predicted octanol–water partition coefficient (Wildman–Crippen LogP) is 2.32. The van der Waals surface area contributed by atoms with E-state index in [9.17, 15) is 14.4 Å². The Kier molecular flexibility index (Phi) is 4.14. The molecule has 3 atom stereocenters. The smallest absolute Gasteiger partial charge is 0.348 e. The lowest BCUT2D eigenvalue weighted by Gasteiger charge is -2.20. The van der Waals surface area contributed by atoms with Gasteiger partial charge in [0, 0.05) is 5.92 Å². The quantitative estimate of drug-likeness (QED) is 0.824. The van der Waals surface area contributed by atoms with Crippen LogP contribution in [0.15, 0.2) is 0 Å². The number of nitrogens with one attached hydrogen (secondary N) is 1. The molecule has 2 amide bonds. The molecule has 23 heavy (non-hydrogen) atoms. The third kappa shape index (κ3) is 2.73. The molecule has 0 aliphatic heterocycles. The minimum Gasteiger partial charge on any atom is -0.465 e. The number of methoxy groups -OCH3 is 1. The molecule has 7 heteroatoms. The van der Waals surface area contributed by atoms with Crippen LogP contribution in [0.3, 0.4) is 0 Å². The summed E-state index contributed by atoms with van der Waals surface area (Å²) in [7, 11) is 1.28. The highest BCUT2D eigenvalue weighted by molar-refractivity contribution is 7.18. The van der Waals surface area contributed by atoms with E-state index in [-0.39, 0.29) is 17.4 Å². The SMILES string of the molecule is COC(=O)c1sc(NC(=O)[C@H]2C[C@@H]3CC[C@@H]2C3)c(C(N)=O)c1C. The number of primary amides is 1. The molecule has 3 N–H and O–H groups in total. The fraction of sp³-hybridized carbons (Fsp3) is 0.562. The molecule has 2 fully saturated rings. The lowest BCUT2D eigenvalue weighted by molar-refractivity contribution is -0.121. The van der Waals surface area contributed by atoms with Crippen molar-refractivity contribution < 1.29 is 19.1 Å². The van der Waals surface area contributed by atoms with Gasteiger partial charge >= 0.3 is 5.97 Å². The van der Waals surface area contributed by atoms with Gasteiger partial charge in [-0.2, -0.15) is 0 Å². The van der Waals surface area contributed by atoms with E-state index in [1.807, 2.05) is 0 Å². The van der Waals surface area contributed by atoms with Crippen molar-refractivity contribution in [2.75, 3.05) is 12.4 Å². The average molecular weight is 336 g/mol. The fourth-order valence-electron chi connectivity index (χ4n) is 3.96. The molecule has 2 saturated carbocycles. The number of thiophene rings is 1. The van der Waals surface area contributed by atoms with Gasteiger partial charge in [0.05, 0.1) is 12.7 Å². The number of esters is 1. The van der Waals surface area contributed by atoms with Crippen molar-refractivity contribution in [3.8, 4) is 0 Å². The fourth-order valence-corrected chi connectivity index (χ4v) is 5.09. The molecule has 3 rings (SSSR count). The van der Waals surface area contributed by atoms with Gasteiger partial charge in [-0.1, -0.05) is 6.42 Å². The Morgan fingerprint density at radius 1 is 1.26 bits per heavy atom. The average Bonchev–Trinajstić information content (AvgIpc) is 3.20. The molecular weight excluding hydrogens is 316 g/mol. The molecule has 2 aliphatic carbocycles. The van der Waals surface area contributed by atoms with Crippen molar-refractivity contribution >= 4 is 34.1 Å². The zero-order valence-corrected chi connectivity index (χ0v) is 14.0. The normalized spacial score (nSPS) is 25.4. The Morgan fingerprint density at radius 3 is 2.52 bits per heavy atom. The first-order valence-corrected chi connectivity index (χ1v) is 8.56. The molecule has 1 heterocycles. The Hall–Kier alpha value is -1.89. The van der Waals surface area contributed by atoms with Crippen molar-refractivity contribution in [2.24, 2.45) is 23.5 Å². The lowest BCUT2D eigenvalue weighted by atomic mass is 9.88. The van der Waals surface area contributed by atoms with Gasteiger partial charge in [0.25, 0.3) is 5.91 Å². The van der Waals surface area contributed by atoms with Crippen LogP contribution in [0.25, 0.3) is 0 Å². The molecule has 0 saturated heterocycles. The summed E-state index contributed by atoms with van der Waals surface area (Å²) in [4.78, 5) is 36.4. The van der Waals surface area contributed by atoms with Gasteiger partial charge in [-0.15, -0.1) is 11.3 Å². The molecule has 1 aromatic heterocycles. The van der Waals surface area contributed by atoms with Crippen molar-refractivity contribution in [1.82, 2.24) is 0 Å². The van der Waals surface area contributed by atoms with Gasteiger partial charge in [-0.05, 0) is 43.6 Å². The third-order valence-corrected chi connectivity index (χ3v) is 6.26. The number of carbonyl (C=O) groups excluding carboxylic acids is 3. The molecule has 6 nitrogen and oxygen atoms in total. The summed E-state index contributed by atoms with van der Waals surface area (Å²) in [5.74, 6) is -0.163. The van der Waals surface area contributed by atoms with Crippen molar-refractivity contribution in [3.63, 3.8) is 0 Å². The number of rotatable bonds is 4. The van der Waals surface area contributed by atoms with Gasteiger partial charge in [-0.3, -0.25) is 9.59 Å². The van der Waals surface area contributed by atoms with Gasteiger partial charge in [0.15, 0.2) is 0 Å². The number of nitrogens with two attached hydrogens (primary N) is 1. The van der Waals surface area contributed by atoms with E-state index >= 15 is 0 Å². The first-order valence-electron chi connectivity index (χ1n) is 7.74. The third-order valence-electron chi connectivity index (χ3n) is 5.08. The molecule has 0 spiro atoms. The van der Waals surface area contributed by atoms with Crippen LogP contribution in [-0.4, -0.2) is 24.9 Å². The van der Waals surface area contributed by atoms with Crippen molar-refractivity contribution in [2.45, 2.75) is 32.6 Å². The van der Waals surface area contributed by atoms with Crippen LogP contribution in [0, 0.1) is 24.7 Å². The van der Waals surface area contributed by atoms with Crippen molar-refractivity contribution in [1.29, 1.82) is 0 Å². The summed E-state index contributed by atoms with van der Waals surface area (Å²) in [5, 5.41) is 3.18. The first-order chi connectivity index (χ1) is 10.9. The summed E-state index contributed by atoms with van der Waals surface area (Å²) in [6.07, 6.45) is 4.35. The van der Waals surface area contributed by atoms with Gasteiger partial charge < -0.3 is 15.8 Å². The van der Waals surface area contributed by atoms with E-state index in [4.69, 9.17) is 10.5 Å². The molecule has 2 bridgehead atoms. The standard InChI is InChI=1S/C16H20N2O4S/c1-7-11(13(17)19)15(23-12(7)16(21)22-2)18-14(20)10-6-8-3-4-9(10)5-8/h8-10H,3-6H2,1-2H3,(H2,17,19)(H,18,20)/t8-,9-,10+/m1/s1. The minimum absolute atomic E-state index is 0.00143. The van der Waals surface area contributed by atoms with Gasteiger partial charge in [0.2, 0.25) is 5.91 Å². The zero-order chi connectivity index (χ0) is 16.7. The number of carbonyl (C=O) groups is 3. The van der Waals surface area contributed by atoms with Crippen LogP contribution in [0.1, 0.15) is 51.3 Å². The second-order valence-corrected chi connectivity index (χ2v) is 7.41. The maximum Gasteiger partial charge on any atom is 0.348 e. The summed E-state index contributed by atoms with van der Waals surface area (Å²) in [5.41, 5.74) is 6.08. The van der Waals surface area contributed by atoms with E-state index in [1.54, 1.807) is 6.92 Å². The maximum absolute atomic E-state index is 12.6. The van der Waals surface area contributed by atoms with Crippen molar-refractivity contribution in [3.05, 3.63) is 16.0 Å². The number of hydrogen-bond donors (Lipinski definition) is 2. The lowest BCUT2D eigenvalue weighted by Crippen LogP contribution is -2.27. The molecule has 0 unspecified atom stereocenters. The van der Waals surface area contributed by atoms with Gasteiger partial charge in [-0.25, -0.2) is 4.79 Å². The van der Waals surface area contributed by atoms with E-state index < -0.39 is 11.9 Å². The molecular formula is C16H20N2O4S. The van der Waals surface area contributed by atoms with E-state index in [1.165, 1.54) is 13.5 Å². The van der Waals surface area contributed by atoms with Crippen LogP contribution < -0.4 is 11.1 Å². The summed E-state index contributed by atoms with van der Waals surface area (Å²) >= 11 is 1.05.